The van der Waals surface area contributed by atoms with E-state index in [1.807, 2.05) is 24.7 Å². The van der Waals surface area contributed by atoms with Gasteiger partial charge in [0.15, 0.2) is 0 Å². The van der Waals surface area contributed by atoms with Gasteiger partial charge in [-0.05, 0) is 49.2 Å². The molecule has 2 saturated heterocycles. The quantitative estimate of drug-likeness (QED) is 0.678. The highest BCUT2D eigenvalue weighted by Crippen LogP contribution is 2.36. The molecule has 5 rings (SSSR count). The summed E-state index contributed by atoms with van der Waals surface area (Å²) in [4.78, 5) is 16.9. The molecule has 0 bridgehead atoms. The van der Waals surface area contributed by atoms with Gasteiger partial charge in [0.05, 0.1) is 17.4 Å². The standard InChI is InChI=1S/C23H24N4O2/c1(16-4-9-28-10-5-16)2-22-25-8-3-20(27-22)19-14-26-21-15-24-13-18(23(19)21)17-6-11-29-12-7-17/h3,8,13-17,26H,4-7,9-12H2. The van der Waals surface area contributed by atoms with Crippen molar-refractivity contribution in [2.45, 2.75) is 31.6 Å². The maximum atomic E-state index is 5.55. The van der Waals surface area contributed by atoms with Gasteiger partial charge in [-0.25, -0.2) is 9.97 Å². The number of aromatic amines is 1. The van der Waals surface area contributed by atoms with Crippen molar-refractivity contribution in [1.82, 2.24) is 19.9 Å². The molecule has 0 atom stereocenters. The maximum absolute atomic E-state index is 5.55. The second kappa shape index (κ2) is 8.32. The van der Waals surface area contributed by atoms with Crippen LogP contribution in [0.2, 0.25) is 0 Å². The second-order valence-electron chi connectivity index (χ2n) is 7.66. The molecule has 6 nitrogen and oxygen atoms in total. The summed E-state index contributed by atoms with van der Waals surface area (Å²) < 4.78 is 11.0. The highest BCUT2D eigenvalue weighted by atomic mass is 16.5. The summed E-state index contributed by atoms with van der Waals surface area (Å²) in [7, 11) is 0. The third kappa shape index (κ3) is 3.89. The lowest BCUT2D eigenvalue weighted by atomic mass is 9.89. The van der Waals surface area contributed by atoms with E-state index in [9.17, 15) is 0 Å². The van der Waals surface area contributed by atoms with Crippen molar-refractivity contribution in [3.05, 3.63) is 42.2 Å². The maximum Gasteiger partial charge on any atom is 0.205 e. The molecule has 2 fully saturated rings. The van der Waals surface area contributed by atoms with Crippen molar-refractivity contribution in [3.8, 4) is 23.1 Å². The lowest BCUT2D eigenvalue weighted by Crippen LogP contribution is -2.14. The van der Waals surface area contributed by atoms with Crippen LogP contribution in [0, 0.1) is 17.8 Å². The molecule has 0 radical (unpaired) electrons. The zero-order valence-corrected chi connectivity index (χ0v) is 16.4. The van der Waals surface area contributed by atoms with Gasteiger partial charge in [-0.1, -0.05) is 5.92 Å². The van der Waals surface area contributed by atoms with Crippen LogP contribution in [0.4, 0.5) is 0 Å². The first-order valence-corrected chi connectivity index (χ1v) is 10.3. The number of hydrogen-bond acceptors (Lipinski definition) is 5. The topological polar surface area (TPSA) is 72.9 Å². The molecule has 6 heteroatoms. The van der Waals surface area contributed by atoms with Crippen molar-refractivity contribution in [2.24, 2.45) is 5.92 Å². The predicted molar refractivity (Wildman–Crippen MR) is 110 cm³/mol. The molecule has 0 spiro atoms. The number of nitrogens with one attached hydrogen (secondary N) is 1. The van der Waals surface area contributed by atoms with E-state index in [1.54, 1.807) is 6.20 Å². The van der Waals surface area contributed by atoms with E-state index in [1.165, 1.54) is 10.9 Å². The van der Waals surface area contributed by atoms with E-state index in [-0.39, 0.29) is 0 Å². The minimum absolute atomic E-state index is 0.371. The van der Waals surface area contributed by atoms with Crippen molar-refractivity contribution < 1.29 is 9.47 Å². The molecule has 29 heavy (non-hydrogen) atoms. The SMILES string of the molecule is C(#CC1CCOCC1)c1nccc(-c2c[nH]c3cncc(C4CCOCC4)c23)n1. The molecule has 2 aliphatic heterocycles. The Labute approximate surface area is 170 Å². The molecular formula is C23H24N4O2. The number of ether oxygens (including phenoxy) is 2. The number of hydrogen-bond donors (Lipinski definition) is 1. The summed E-state index contributed by atoms with van der Waals surface area (Å²) >= 11 is 0. The zero-order chi connectivity index (χ0) is 19.5. The predicted octanol–water partition coefficient (Wildman–Crippen LogP) is 3.69. The first-order valence-electron chi connectivity index (χ1n) is 10.3. The highest BCUT2D eigenvalue weighted by Gasteiger charge is 2.21. The van der Waals surface area contributed by atoms with Gasteiger partial charge in [0.1, 0.15) is 0 Å². The normalized spacial score (nSPS) is 18.5. The van der Waals surface area contributed by atoms with Crippen LogP contribution < -0.4 is 0 Å². The van der Waals surface area contributed by atoms with Gasteiger partial charge in [0.2, 0.25) is 5.82 Å². The zero-order valence-electron chi connectivity index (χ0n) is 16.4. The van der Waals surface area contributed by atoms with Crippen LogP contribution in [0.3, 0.4) is 0 Å². The monoisotopic (exact) mass is 388 g/mol. The van der Waals surface area contributed by atoms with Crippen molar-refractivity contribution >= 4 is 10.9 Å². The first-order chi connectivity index (χ1) is 14.4. The number of aromatic nitrogens is 4. The van der Waals surface area contributed by atoms with Gasteiger partial charge < -0.3 is 14.5 Å². The Morgan fingerprint density at radius 1 is 1.00 bits per heavy atom. The summed E-state index contributed by atoms with van der Waals surface area (Å²) in [5, 5.41) is 1.20. The molecule has 0 aromatic carbocycles. The third-order valence-corrected chi connectivity index (χ3v) is 5.82. The van der Waals surface area contributed by atoms with Crippen LogP contribution in [0.5, 0.6) is 0 Å². The molecule has 0 saturated carbocycles. The summed E-state index contributed by atoms with van der Waals surface area (Å²) in [6.45, 7) is 3.19. The van der Waals surface area contributed by atoms with Crippen LogP contribution in [-0.2, 0) is 9.47 Å². The number of H-pyrrole nitrogens is 1. The minimum Gasteiger partial charge on any atom is -0.381 e. The van der Waals surface area contributed by atoms with Gasteiger partial charge in [0.25, 0.3) is 0 Å². The van der Waals surface area contributed by atoms with Crippen LogP contribution >= 0.6 is 0 Å². The first kappa shape index (κ1) is 18.3. The van der Waals surface area contributed by atoms with Crippen LogP contribution in [0.15, 0.2) is 30.9 Å². The Morgan fingerprint density at radius 3 is 2.62 bits per heavy atom. The van der Waals surface area contributed by atoms with Gasteiger partial charge in [-0.3, -0.25) is 4.98 Å². The van der Waals surface area contributed by atoms with Crippen molar-refractivity contribution in [3.63, 3.8) is 0 Å². The van der Waals surface area contributed by atoms with Crippen molar-refractivity contribution in [2.75, 3.05) is 26.4 Å². The number of fused-ring (bicyclic) bond motifs is 1. The Kier molecular flexibility index (Phi) is 5.25. The fourth-order valence-corrected chi connectivity index (χ4v) is 4.21. The van der Waals surface area contributed by atoms with E-state index in [2.05, 4.69) is 26.8 Å². The lowest BCUT2D eigenvalue weighted by Gasteiger charge is -2.23. The van der Waals surface area contributed by atoms with E-state index in [4.69, 9.17) is 14.5 Å². The van der Waals surface area contributed by atoms with Gasteiger partial charge >= 0.3 is 0 Å². The van der Waals surface area contributed by atoms with Crippen LogP contribution in [0.1, 0.15) is 43.0 Å². The molecule has 3 aromatic rings. The van der Waals surface area contributed by atoms with Crippen LogP contribution in [-0.4, -0.2) is 46.4 Å². The summed E-state index contributed by atoms with van der Waals surface area (Å²) in [6, 6.07) is 1.95. The largest absolute Gasteiger partial charge is 0.381 e. The molecule has 1 N–H and O–H groups in total. The number of nitrogens with zero attached hydrogens (tertiary/aromatic N) is 3. The number of rotatable bonds is 2. The average Bonchev–Trinajstić information content (AvgIpc) is 3.24. The van der Waals surface area contributed by atoms with E-state index in [0.29, 0.717) is 17.7 Å². The smallest absolute Gasteiger partial charge is 0.205 e. The van der Waals surface area contributed by atoms with E-state index < -0.39 is 0 Å². The summed E-state index contributed by atoms with van der Waals surface area (Å²) in [5.74, 6) is 7.91. The lowest BCUT2D eigenvalue weighted by molar-refractivity contribution is 0.0807. The van der Waals surface area contributed by atoms with E-state index in [0.717, 1.165) is 68.9 Å². The molecule has 148 valence electrons. The molecule has 0 unspecified atom stereocenters. The van der Waals surface area contributed by atoms with Crippen molar-refractivity contribution in [1.29, 1.82) is 0 Å². The Hall–Kier alpha value is -2.75. The Balaban J connectivity index is 1.50. The number of pyridine rings is 1. The Morgan fingerprint density at radius 2 is 1.79 bits per heavy atom. The molecular weight excluding hydrogens is 364 g/mol. The average molecular weight is 388 g/mol. The fourth-order valence-electron chi connectivity index (χ4n) is 4.21. The molecule has 3 aromatic heterocycles. The Bertz CT molecular complexity index is 1050. The van der Waals surface area contributed by atoms with Crippen LogP contribution in [0.25, 0.3) is 22.2 Å². The molecule has 5 heterocycles. The minimum atomic E-state index is 0.371. The third-order valence-electron chi connectivity index (χ3n) is 5.82. The summed E-state index contributed by atoms with van der Waals surface area (Å²) in [5.41, 5.74) is 4.29. The van der Waals surface area contributed by atoms with Gasteiger partial charge in [-0.2, -0.15) is 0 Å². The molecule has 0 aliphatic carbocycles. The summed E-state index contributed by atoms with van der Waals surface area (Å²) in [6.07, 6.45) is 11.7. The molecule has 0 amide bonds. The van der Waals surface area contributed by atoms with Gasteiger partial charge in [-0.15, -0.1) is 0 Å². The molecule has 2 aliphatic rings. The highest BCUT2D eigenvalue weighted by molar-refractivity contribution is 5.96. The second-order valence-corrected chi connectivity index (χ2v) is 7.66. The fraction of sp³-hybridized carbons (Fsp3) is 0.435. The van der Waals surface area contributed by atoms with E-state index >= 15 is 0 Å². The van der Waals surface area contributed by atoms with Gasteiger partial charge in [0, 0.05) is 61.9 Å².